The van der Waals surface area contributed by atoms with Gasteiger partial charge in [-0.15, -0.1) is 11.3 Å². The molecule has 4 heteroatoms. The van der Waals surface area contributed by atoms with Crippen LogP contribution in [0.5, 0.6) is 5.75 Å². The van der Waals surface area contributed by atoms with Gasteiger partial charge in [0.05, 0.1) is 5.56 Å². The van der Waals surface area contributed by atoms with Gasteiger partial charge in [0.2, 0.25) is 0 Å². The van der Waals surface area contributed by atoms with Gasteiger partial charge in [-0.2, -0.15) is 0 Å². The lowest BCUT2D eigenvalue weighted by molar-refractivity contribution is 0.0593. The van der Waals surface area contributed by atoms with E-state index in [2.05, 4.69) is 37.4 Å². The van der Waals surface area contributed by atoms with Crippen LogP contribution >= 0.6 is 11.3 Å². The number of benzene rings is 1. The number of carbonyl (C=O) groups is 1. The van der Waals surface area contributed by atoms with Crippen molar-refractivity contribution in [2.45, 2.75) is 58.5 Å². The van der Waals surface area contributed by atoms with Gasteiger partial charge >= 0.3 is 0 Å². The maximum Gasteiger partial charge on any atom is 0.254 e. The number of aryl methyl sites for hydroxylation is 3. The molecule has 1 aromatic heterocycles. The van der Waals surface area contributed by atoms with Crippen molar-refractivity contribution >= 4 is 17.2 Å². The zero-order valence-electron chi connectivity index (χ0n) is 15.7. The molecule has 3 nitrogen and oxygen atoms in total. The van der Waals surface area contributed by atoms with Crippen LogP contribution in [0.1, 0.15) is 57.6 Å². The minimum atomic E-state index is 0.205. The number of likely N-dealkylation sites (tertiary alicyclic amines) is 1. The first-order valence-corrected chi connectivity index (χ1v) is 10.6. The number of piperidine rings is 1. The van der Waals surface area contributed by atoms with Crippen LogP contribution in [0.4, 0.5) is 0 Å². The molecule has 2 aliphatic rings. The fourth-order valence-corrected chi connectivity index (χ4v) is 5.15. The second-order valence-electron chi connectivity index (χ2n) is 7.64. The number of amides is 1. The summed E-state index contributed by atoms with van der Waals surface area (Å²) in [4.78, 5) is 16.5. The first kappa shape index (κ1) is 17.6. The summed E-state index contributed by atoms with van der Waals surface area (Å²) in [5.74, 6) is 1.22. The third-order valence-corrected chi connectivity index (χ3v) is 6.75. The van der Waals surface area contributed by atoms with Gasteiger partial charge in [0.15, 0.2) is 0 Å². The average molecular weight is 370 g/mol. The number of ether oxygens (including phenoxy) is 1. The summed E-state index contributed by atoms with van der Waals surface area (Å²) in [5.41, 5.74) is 4.71. The summed E-state index contributed by atoms with van der Waals surface area (Å²) in [6, 6.07) is 6.35. The Kier molecular flexibility index (Phi) is 5.03. The summed E-state index contributed by atoms with van der Waals surface area (Å²) < 4.78 is 6.24. The largest absolute Gasteiger partial charge is 0.490 e. The summed E-state index contributed by atoms with van der Waals surface area (Å²) >= 11 is 1.78. The molecule has 0 unspecified atom stereocenters. The van der Waals surface area contributed by atoms with Crippen LogP contribution in [0.15, 0.2) is 23.6 Å². The highest BCUT2D eigenvalue weighted by Gasteiger charge is 2.28. The van der Waals surface area contributed by atoms with E-state index in [0.29, 0.717) is 0 Å². The molecule has 0 spiro atoms. The van der Waals surface area contributed by atoms with E-state index in [9.17, 15) is 4.79 Å². The highest BCUT2D eigenvalue weighted by molar-refractivity contribution is 7.10. The Balaban J connectivity index is 1.38. The average Bonchev–Trinajstić information content (AvgIpc) is 3.09. The number of rotatable bonds is 3. The molecule has 0 radical (unpaired) electrons. The van der Waals surface area contributed by atoms with Gasteiger partial charge in [-0.05, 0) is 62.3 Å². The van der Waals surface area contributed by atoms with Gasteiger partial charge in [0.1, 0.15) is 11.9 Å². The maximum atomic E-state index is 13.0. The number of hydrogen-bond acceptors (Lipinski definition) is 3. The molecule has 4 rings (SSSR count). The topological polar surface area (TPSA) is 29.5 Å². The van der Waals surface area contributed by atoms with Crippen molar-refractivity contribution < 1.29 is 9.53 Å². The number of hydrogen-bond donors (Lipinski definition) is 0. The molecule has 1 amide bonds. The van der Waals surface area contributed by atoms with Gasteiger partial charge < -0.3 is 9.64 Å². The normalized spacial score (nSPS) is 17.8. The lowest BCUT2D eigenvalue weighted by Crippen LogP contribution is -2.42. The standard InChI is InChI=1S/C22H27NO2S/c1-15-7-8-16(2)20(13-15)25-17-9-11-23(12-10-17)22(24)19-14-26-21-6-4-3-5-18(19)21/h7-8,13-14,17H,3-6,9-12H2,1-2H3. The monoisotopic (exact) mass is 369 g/mol. The molecular weight excluding hydrogens is 342 g/mol. The minimum Gasteiger partial charge on any atom is -0.490 e. The van der Waals surface area contributed by atoms with Crippen molar-refractivity contribution in [1.82, 2.24) is 4.90 Å². The van der Waals surface area contributed by atoms with Crippen molar-refractivity contribution in [2.24, 2.45) is 0 Å². The van der Waals surface area contributed by atoms with E-state index in [4.69, 9.17) is 4.74 Å². The molecule has 1 aliphatic carbocycles. The Morgan fingerprint density at radius 2 is 1.92 bits per heavy atom. The Labute approximate surface area is 160 Å². The van der Waals surface area contributed by atoms with Crippen LogP contribution in [0, 0.1) is 13.8 Å². The second kappa shape index (κ2) is 7.43. The van der Waals surface area contributed by atoms with Crippen LogP contribution in [0.2, 0.25) is 0 Å². The zero-order chi connectivity index (χ0) is 18.1. The molecule has 0 atom stereocenters. The maximum absolute atomic E-state index is 13.0. The third-order valence-electron chi connectivity index (χ3n) is 5.66. The molecule has 1 aromatic carbocycles. The first-order chi connectivity index (χ1) is 12.6. The fourth-order valence-electron chi connectivity index (χ4n) is 4.03. The molecule has 0 bridgehead atoms. The van der Waals surface area contributed by atoms with E-state index in [-0.39, 0.29) is 12.0 Å². The van der Waals surface area contributed by atoms with Crippen molar-refractivity contribution in [1.29, 1.82) is 0 Å². The second-order valence-corrected chi connectivity index (χ2v) is 8.60. The van der Waals surface area contributed by atoms with Crippen LogP contribution in [0.25, 0.3) is 0 Å². The van der Waals surface area contributed by atoms with E-state index in [1.807, 2.05) is 4.90 Å². The molecule has 1 fully saturated rings. The molecule has 1 saturated heterocycles. The van der Waals surface area contributed by atoms with Gasteiger partial charge in [0.25, 0.3) is 5.91 Å². The molecule has 2 heterocycles. The quantitative estimate of drug-likeness (QED) is 0.768. The molecular formula is C22H27NO2S. The van der Waals surface area contributed by atoms with Crippen molar-refractivity contribution in [3.05, 3.63) is 50.7 Å². The molecule has 2 aromatic rings. The Bertz CT molecular complexity index is 802. The molecule has 26 heavy (non-hydrogen) atoms. The molecule has 138 valence electrons. The van der Waals surface area contributed by atoms with Crippen LogP contribution in [-0.2, 0) is 12.8 Å². The van der Waals surface area contributed by atoms with Crippen LogP contribution < -0.4 is 4.74 Å². The van der Waals surface area contributed by atoms with Gasteiger partial charge in [0, 0.05) is 36.2 Å². The SMILES string of the molecule is Cc1ccc(C)c(OC2CCN(C(=O)c3csc4c3CCCC4)CC2)c1. The molecule has 0 saturated carbocycles. The van der Waals surface area contributed by atoms with Crippen molar-refractivity contribution in [3.63, 3.8) is 0 Å². The van der Waals surface area contributed by atoms with Crippen LogP contribution in [-0.4, -0.2) is 30.0 Å². The number of fused-ring (bicyclic) bond motifs is 1. The number of nitrogens with zero attached hydrogens (tertiary/aromatic N) is 1. The lowest BCUT2D eigenvalue weighted by atomic mass is 9.95. The summed E-state index contributed by atoms with van der Waals surface area (Å²) in [6.07, 6.45) is 6.73. The molecule has 1 aliphatic heterocycles. The van der Waals surface area contributed by atoms with Crippen molar-refractivity contribution in [2.75, 3.05) is 13.1 Å². The smallest absolute Gasteiger partial charge is 0.254 e. The van der Waals surface area contributed by atoms with Gasteiger partial charge in [-0.3, -0.25) is 4.79 Å². The number of thiophene rings is 1. The zero-order valence-corrected chi connectivity index (χ0v) is 16.5. The summed E-state index contributed by atoms with van der Waals surface area (Å²) in [5, 5.41) is 2.09. The van der Waals surface area contributed by atoms with Gasteiger partial charge in [-0.1, -0.05) is 12.1 Å². The van der Waals surface area contributed by atoms with E-state index in [1.165, 1.54) is 34.4 Å². The van der Waals surface area contributed by atoms with Crippen LogP contribution in [0.3, 0.4) is 0 Å². The first-order valence-electron chi connectivity index (χ1n) is 9.74. The lowest BCUT2D eigenvalue weighted by Gasteiger charge is -2.32. The number of carbonyl (C=O) groups excluding carboxylic acids is 1. The van der Waals surface area contributed by atoms with E-state index in [1.54, 1.807) is 11.3 Å². The van der Waals surface area contributed by atoms with Gasteiger partial charge in [-0.25, -0.2) is 0 Å². The van der Waals surface area contributed by atoms with E-state index in [0.717, 1.165) is 50.1 Å². The summed E-state index contributed by atoms with van der Waals surface area (Å²) in [6.45, 7) is 5.76. The highest BCUT2D eigenvalue weighted by Crippen LogP contribution is 2.32. The minimum absolute atomic E-state index is 0.205. The van der Waals surface area contributed by atoms with E-state index >= 15 is 0 Å². The molecule has 0 N–H and O–H groups in total. The predicted octanol–water partition coefficient (Wildman–Crippen LogP) is 4.93. The Hall–Kier alpha value is -1.81. The van der Waals surface area contributed by atoms with E-state index < -0.39 is 0 Å². The fraction of sp³-hybridized carbons (Fsp3) is 0.500. The predicted molar refractivity (Wildman–Crippen MR) is 106 cm³/mol. The Morgan fingerprint density at radius 1 is 1.15 bits per heavy atom. The summed E-state index contributed by atoms with van der Waals surface area (Å²) in [7, 11) is 0. The highest BCUT2D eigenvalue weighted by atomic mass is 32.1. The van der Waals surface area contributed by atoms with Crippen molar-refractivity contribution in [3.8, 4) is 5.75 Å². The third kappa shape index (κ3) is 3.52. The Morgan fingerprint density at radius 3 is 2.73 bits per heavy atom.